The third-order valence-corrected chi connectivity index (χ3v) is 4.74. The summed E-state index contributed by atoms with van der Waals surface area (Å²) in [5.41, 5.74) is 3.33. The van der Waals surface area contributed by atoms with E-state index in [-0.39, 0.29) is 36.7 Å². The first-order chi connectivity index (χ1) is 13.3. The second-order valence-electron chi connectivity index (χ2n) is 6.55. The van der Waals surface area contributed by atoms with Gasteiger partial charge in [0.1, 0.15) is 17.9 Å². The molecule has 0 aliphatic carbocycles. The number of methoxy groups -OCH3 is 2. The molecule has 0 amide bonds. The molecule has 1 aliphatic rings. The molecule has 1 aromatic carbocycles. The Kier molecular flexibility index (Phi) is 7.20. The van der Waals surface area contributed by atoms with Crippen molar-refractivity contribution < 1.29 is 33.3 Å². The third-order valence-electron chi connectivity index (χ3n) is 4.74. The van der Waals surface area contributed by atoms with Gasteiger partial charge in [-0.3, -0.25) is 9.59 Å². The normalized spacial score (nSPS) is 13.0. The Morgan fingerprint density at radius 2 is 1.86 bits per heavy atom. The van der Waals surface area contributed by atoms with Gasteiger partial charge in [0.05, 0.1) is 14.2 Å². The van der Waals surface area contributed by atoms with Crippen molar-refractivity contribution in [3.63, 3.8) is 0 Å². The number of benzene rings is 1. The van der Waals surface area contributed by atoms with E-state index in [4.69, 9.17) is 14.2 Å². The van der Waals surface area contributed by atoms with E-state index >= 15 is 0 Å². The Balaban J connectivity index is 2.47. The number of hydrogen-bond acceptors (Lipinski definition) is 7. The number of esters is 3. The minimum Gasteiger partial charge on any atom is -0.496 e. The molecule has 7 heteroatoms. The molecule has 7 nitrogen and oxygen atoms in total. The van der Waals surface area contributed by atoms with E-state index < -0.39 is 11.9 Å². The average Bonchev–Trinajstić information content (AvgIpc) is 3.08. The van der Waals surface area contributed by atoms with E-state index in [9.17, 15) is 14.4 Å². The molecule has 0 unspecified atom stereocenters. The van der Waals surface area contributed by atoms with Crippen LogP contribution in [0.1, 0.15) is 60.2 Å². The summed E-state index contributed by atoms with van der Waals surface area (Å²) in [5, 5.41) is 0. The fraction of sp³-hybridized carbons (Fsp3) is 0.476. The Labute approximate surface area is 164 Å². The van der Waals surface area contributed by atoms with Gasteiger partial charge in [-0.05, 0) is 32.3 Å². The van der Waals surface area contributed by atoms with Crippen molar-refractivity contribution in [2.75, 3.05) is 14.2 Å². The number of allylic oxidation sites excluding steroid dienone is 2. The number of fused-ring (bicyclic) bond motifs is 1. The van der Waals surface area contributed by atoms with Crippen molar-refractivity contribution >= 4 is 17.9 Å². The van der Waals surface area contributed by atoms with Gasteiger partial charge in [-0.25, -0.2) is 4.79 Å². The predicted octanol–water partition coefficient (Wildman–Crippen LogP) is 3.43. The summed E-state index contributed by atoms with van der Waals surface area (Å²) in [6.07, 6.45) is 3.31. The number of rotatable bonds is 8. The minimum atomic E-state index is -0.507. The van der Waals surface area contributed by atoms with Crippen molar-refractivity contribution in [1.29, 1.82) is 0 Å². The van der Waals surface area contributed by atoms with Crippen LogP contribution in [0.3, 0.4) is 0 Å². The van der Waals surface area contributed by atoms with Gasteiger partial charge < -0.3 is 18.9 Å². The van der Waals surface area contributed by atoms with Crippen molar-refractivity contribution in [1.82, 2.24) is 0 Å². The summed E-state index contributed by atoms with van der Waals surface area (Å²) in [4.78, 5) is 35.6. The fourth-order valence-electron chi connectivity index (χ4n) is 3.09. The van der Waals surface area contributed by atoms with Gasteiger partial charge in [0.2, 0.25) is 0 Å². The Morgan fingerprint density at radius 1 is 1.14 bits per heavy atom. The fourth-order valence-corrected chi connectivity index (χ4v) is 3.09. The second kappa shape index (κ2) is 9.39. The first-order valence-corrected chi connectivity index (χ1v) is 9.16. The highest BCUT2D eigenvalue weighted by Crippen LogP contribution is 2.43. The highest BCUT2D eigenvalue weighted by Gasteiger charge is 2.33. The molecule has 1 aliphatic heterocycles. The van der Waals surface area contributed by atoms with Crippen LogP contribution < -0.4 is 9.47 Å². The van der Waals surface area contributed by atoms with Gasteiger partial charge in [-0.1, -0.05) is 18.6 Å². The van der Waals surface area contributed by atoms with E-state index in [1.165, 1.54) is 14.2 Å². The largest absolute Gasteiger partial charge is 0.496 e. The van der Waals surface area contributed by atoms with Gasteiger partial charge in [-0.2, -0.15) is 0 Å². The molecule has 0 atom stereocenters. The van der Waals surface area contributed by atoms with Gasteiger partial charge in [0, 0.05) is 24.0 Å². The average molecular weight is 390 g/mol. The zero-order valence-corrected chi connectivity index (χ0v) is 17.0. The van der Waals surface area contributed by atoms with Crippen LogP contribution in [0.2, 0.25) is 0 Å². The Bertz CT molecular complexity index is 821. The molecule has 28 heavy (non-hydrogen) atoms. The van der Waals surface area contributed by atoms with E-state index in [1.54, 1.807) is 6.92 Å². The molecule has 0 fully saturated rings. The van der Waals surface area contributed by atoms with Gasteiger partial charge in [0.15, 0.2) is 5.75 Å². The molecule has 0 spiro atoms. The van der Waals surface area contributed by atoms with Crippen molar-refractivity contribution in [2.45, 2.75) is 53.1 Å². The van der Waals surface area contributed by atoms with Crippen LogP contribution in [-0.2, 0) is 32.1 Å². The lowest BCUT2D eigenvalue weighted by atomic mass is 9.94. The number of ether oxygens (including phenoxy) is 4. The molecule has 0 bridgehead atoms. The van der Waals surface area contributed by atoms with Crippen LogP contribution in [0.25, 0.3) is 0 Å². The maximum absolute atomic E-state index is 12.3. The van der Waals surface area contributed by atoms with Crippen molar-refractivity contribution in [3.8, 4) is 11.5 Å². The summed E-state index contributed by atoms with van der Waals surface area (Å²) in [6.45, 7) is 5.56. The number of hydrogen-bond donors (Lipinski definition) is 0. The van der Waals surface area contributed by atoms with Crippen molar-refractivity contribution in [3.05, 3.63) is 33.9 Å². The Morgan fingerprint density at radius 3 is 2.46 bits per heavy atom. The van der Waals surface area contributed by atoms with E-state index in [0.717, 1.165) is 11.1 Å². The molecule has 2 rings (SSSR count). The molecule has 0 saturated heterocycles. The van der Waals surface area contributed by atoms with Crippen LogP contribution in [0.5, 0.6) is 11.5 Å². The molecule has 0 aromatic heterocycles. The number of carbonyl (C=O) groups excluding carboxylic acids is 3. The molecule has 0 radical (unpaired) electrons. The van der Waals surface area contributed by atoms with Crippen LogP contribution in [0.15, 0.2) is 11.6 Å². The lowest BCUT2D eigenvalue weighted by molar-refractivity contribution is -0.140. The summed E-state index contributed by atoms with van der Waals surface area (Å²) >= 11 is 0. The molecule has 152 valence electrons. The standard InChI is InChI=1S/C21H26O7/c1-6-16(22)28-20-14(9-7-12(2)8-10-17(23)25-4)19(26-5)13(3)15-11-27-21(24)18(15)20/h7H,6,8-11H2,1-5H3/b12-7+. The van der Waals surface area contributed by atoms with E-state index in [1.807, 2.05) is 19.9 Å². The van der Waals surface area contributed by atoms with Crippen molar-refractivity contribution in [2.24, 2.45) is 0 Å². The zero-order chi connectivity index (χ0) is 20.8. The predicted molar refractivity (Wildman–Crippen MR) is 101 cm³/mol. The van der Waals surface area contributed by atoms with E-state index in [0.29, 0.717) is 29.7 Å². The highest BCUT2D eigenvalue weighted by molar-refractivity contribution is 5.99. The summed E-state index contributed by atoms with van der Waals surface area (Å²) in [5.74, 6) is -0.469. The zero-order valence-electron chi connectivity index (χ0n) is 17.0. The SMILES string of the molecule is CCC(=O)Oc1c(C/C=C(\C)CCC(=O)OC)c(OC)c(C)c2c1C(=O)OC2. The summed E-state index contributed by atoms with van der Waals surface area (Å²) in [6, 6.07) is 0. The second-order valence-corrected chi connectivity index (χ2v) is 6.55. The minimum absolute atomic E-state index is 0.126. The number of carbonyl (C=O) groups is 3. The van der Waals surface area contributed by atoms with Gasteiger partial charge >= 0.3 is 17.9 Å². The molecular weight excluding hydrogens is 364 g/mol. The Hall–Kier alpha value is -2.83. The lowest BCUT2D eigenvalue weighted by Gasteiger charge is -2.18. The van der Waals surface area contributed by atoms with Crippen LogP contribution in [-0.4, -0.2) is 32.1 Å². The smallest absolute Gasteiger partial charge is 0.342 e. The monoisotopic (exact) mass is 390 g/mol. The molecule has 0 saturated carbocycles. The van der Waals surface area contributed by atoms with E-state index in [2.05, 4.69) is 4.74 Å². The van der Waals surface area contributed by atoms with Crippen LogP contribution in [0, 0.1) is 6.92 Å². The number of cyclic esters (lactones) is 1. The lowest BCUT2D eigenvalue weighted by Crippen LogP contribution is -2.13. The first kappa shape index (κ1) is 21.5. The maximum atomic E-state index is 12.3. The topological polar surface area (TPSA) is 88.1 Å². The maximum Gasteiger partial charge on any atom is 0.342 e. The molecule has 1 aromatic rings. The molecular formula is C21H26O7. The summed E-state index contributed by atoms with van der Waals surface area (Å²) in [7, 11) is 2.89. The molecule has 0 N–H and O–H groups in total. The first-order valence-electron chi connectivity index (χ1n) is 9.16. The molecule has 1 heterocycles. The van der Waals surface area contributed by atoms with Gasteiger partial charge in [0.25, 0.3) is 0 Å². The summed E-state index contributed by atoms with van der Waals surface area (Å²) < 4.78 is 20.9. The van der Waals surface area contributed by atoms with Gasteiger partial charge in [-0.15, -0.1) is 0 Å². The quantitative estimate of drug-likeness (QED) is 0.382. The van der Waals surface area contributed by atoms with Crippen LogP contribution >= 0.6 is 0 Å². The van der Waals surface area contributed by atoms with Crippen LogP contribution in [0.4, 0.5) is 0 Å². The highest BCUT2D eigenvalue weighted by atomic mass is 16.6. The third kappa shape index (κ3) is 4.52.